The van der Waals surface area contributed by atoms with E-state index in [0.717, 1.165) is 11.0 Å². The lowest BCUT2D eigenvalue weighted by atomic mass is 10.1. The van der Waals surface area contributed by atoms with Crippen LogP contribution in [0.25, 0.3) is 11.0 Å². The van der Waals surface area contributed by atoms with E-state index in [1.165, 1.54) is 0 Å². The number of nitrogens with zero attached hydrogens (tertiary/aromatic N) is 2. The Bertz CT molecular complexity index is 827. The summed E-state index contributed by atoms with van der Waals surface area (Å²) in [6, 6.07) is 12.6. The third kappa shape index (κ3) is 2.59. The van der Waals surface area contributed by atoms with E-state index < -0.39 is 6.17 Å². The minimum absolute atomic E-state index is 0.100. The minimum atomic E-state index is -1.36. The Morgan fingerprint density at radius 1 is 1.05 bits per heavy atom. The second-order valence-electron chi connectivity index (χ2n) is 5.46. The van der Waals surface area contributed by atoms with Gasteiger partial charge in [0.05, 0.1) is 21.1 Å². The van der Waals surface area contributed by atoms with Crippen molar-refractivity contribution in [2.75, 3.05) is 0 Å². The first-order valence-electron chi connectivity index (χ1n) is 7.05. The number of imidazole rings is 1. The molecule has 0 fully saturated rings. The third-order valence-electron chi connectivity index (χ3n) is 3.60. The van der Waals surface area contributed by atoms with Crippen LogP contribution in [-0.4, -0.2) is 9.55 Å². The highest BCUT2D eigenvalue weighted by atomic mass is 35.5. The highest BCUT2D eigenvalue weighted by molar-refractivity contribution is 6.42. The Hall–Kier alpha value is -1.58. The number of fused-ring (bicyclic) bond motifs is 1. The molecule has 0 saturated carbocycles. The second kappa shape index (κ2) is 5.90. The molecule has 3 rings (SSSR count). The largest absolute Gasteiger partial charge is 0.323 e. The molecule has 0 saturated heterocycles. The van der Waals surface area contributed by atoms with Gasteiger partial charge in [0.2, 0.25) is 0 Å². The summed E-state index contributed by atoms with van der Waals surface area (Å²) in [5, 5.41) is 0.754. The van der Waals surface area contributed by atoms with Crippen LogP contribution in [0, 0.1) is 0 Å². The van der Waals surface area contributed by atoms with E-state index in [2.05, 4.69) is 4.98 Å². The van der Waals surface area contributed by atoms with Gasteiger partial charge in [0, 0.05) is 6.04 Å². The van der Waals surface area contributed by atoms with Gasteiger partial charge >= 0.3 is 0 Å². The minimum Gasteiger partial charge on any atom is -0.323 e. The fourth-order valence-corrected chi connectivity index (χ4v) is 2.91. The molecule has 0 N–H and O–H groups in total. The molecule has 0 aliphatic heterocycles. The summed E-state index contributed by atoms with van der Waals surface area (Å²) in [6.45, 7) is 4.03. The maximum absolute atomic E-state index is 15.1. The number of rotatable bonds is 3. The smallest absolute Gasteiger partial charge is 0.183 e. The standard InChI is InChI=1S/C17H15Cl2FN2/c1-10(2)22-15-6-4-3-5-14(15)21-17(22)16(20)11-7-8-12(18)13(19)9-11/h3-10,16H,1-2H3. The summed E-state index contributed by atoms with van der Waals surface area (Å²) in [4.78, 5) is 4.47. The van der Waals surface area contributed by atoms with Crippen molar-refractivity contribution in [1.82, 2.24) is 9.55 Å². The summed E-state index contributed by atoms with van der Waals surface area (Å²) in [5.41, 5.74) is 2.16. The molecule has 2 aromatic carbocycles. The topological polar surface area (TPSA) is 17.8 Å². The van der Waals surface area contributed by atoms with Crippen LogP contribution in [0.2, 0.25) is 10.0 Å². The number of hydrogen-bond donors (Lipinski definition) is 0. The molecule has 5 heteroatoms. The average molecular weight is 337 g/mol. The lowest BCUT2D eigenvalue weighted by Gasteiger charge is -2.16. The van der Waals surface area contributed by atoms with Gasteiger partial charge in [-0.1, -0.05) is 41.4 Å². The summed E-state index contributed by atoms with van der Waals surface area (Å²) in [5.74, 6) is 0.384. The summed E-state index contributed by atoms with van der Waals surface area (Å²) >= 11 is 11.9. The third-order valence-corrected chi connectivity index (χ3v) is 4.34. The van der Waals surface area contributed by atoms with Crippen molar-refractivity contribution >= 4 is 34.2 Å². The molecule has 22 heavy (non-hydrogen) atoms. The summed E-state index contributed by atoms with van der Waals surface area (Å²) in [6.07, 6.45) is -1.36. The SMILES string of the molecule is CC(C)n1c(C(F)c2ccc(Cl)c(Cl)c2)nc2ccccc21. The highest BCUT2D eigenvalue weighted by Crippen LogP contribution is 2.33. The monoisotopic (exact) mass is 336 g/mol. The predicted octanol–water partition coefficient (Wildman–Crippen LogP) is 5.98. The molecular weight excluding hydrogens is 322 g/mol. The molecule has 1 atom stereocenters. The molecule has 0 aliphatic rings. The van der Waals surface area contributed by atoms with Gasteiger partial charge in [-0.05, 0) is 43.7 Å². The quantitative estimate of drug-likeness (QED) is 0.574. The van der Waals surface area contributed by atoms with E-state index in [0.29, 0.717) is 21.4 Å². The van der Waals surface area contributed by atoms with E-state index in [9.17, 15) is 0 Å². The summed E-state index contributed by atoms with van der Waals surface area (Å²) < 4.78 is 17.0. The van der Waals surface area contributed by atoms with Gasteiger partial charge in [-0.15, -0.1) is 0 Å². The number of halogens is 3. The van der Waals surface area contributed by atoms with E-state index in [1.807, 2.05) is 42.7 Å². The molecule has 1 unspecified atom stereocenters. The van der Waals surface area contributed by atoms with Crippen LogP contribution in [0.4, 0.5) is 4.39 Å². The lowest BCUT2D eigenvalue weighted by molar-refractivity contribution is 0.365. The van der Waals surface area contributed by atoms with E-state index in [1.54, 1.807) is 18.2 Å². The Labute approximate surface area is 138 Å². The highest BCUT2D eigenvalue weighted by Gasteiger charge is 2.23. The van der Waals surface area contributed by atoms with Crippen molar-refractivity contribution in [1.29, 1.82) is 0 Å². The Kier molecular flexibility index (Phi) is 4.11. The second-order valence-corrected chi connectivity index (χ2v) is 6.27. The number of benzene rings is 2. The summed E-state index contributed by atoms with van der Waals surface area (Å²) in [7, 11) is 0. The Balaban J connectivity index is 2.16. The van der Waals surface area contributed by atoms with Crippen LogP contribution < -0.4 is 0 Å². The van der Waals surface area contributed by atoms with Gasteiger partial charge in [0.15, 0.2) is 6.17 Å². The van der Waals surface area contributed by atoms with Crippen LogP contribution in [0.3, 0.4) is 0 Å². The van der Waals surface area contributed by atoms with Gasteiger partial charge < -0.3 is 4.57 Å². The van der Waals surface area contributed by atoms with Crippen molar-refractivity contribution in [3.05, 3.63) is 63.9 Å². The molecule has 0 aliphatic carbocycles. The average Bonchev–Trinajstić information content (AvgIpc) is 2.88. The maximum Gasteiger partial charge on any atom is 0.183 e. The maximum atomic E-state index is 15.1. The van der Waals surface area contributed by atoms with Crippen molar-refractivity contribution < 1.29 is 4.39 Å². The van der Waals surface area contributed by atoms with Crippen LogP contribution >= 0.6 is 23.2 Å². The molecule has 1 heterocycles. The van der Waals surface area contributed by atoms with Crippen molar-refractivity contribution in [3.8, 4) is 0 Å². The van der Waals surface area contributed by atoms with E-state index >= 15 is 4.39 Å². The molecule has 0 spiro atoms. The first kappa shape index (κ1) is 15.3. The number of aromatic nitrogens is 2. The lowest BCUT2D eigenvalue weighted by Crippen LogP contribution is -2.09. The van der Waals surface area contributed by atoms with Crippen molar-refractivity contribution in [3.63, 3.8) is 0 Å². The molecule has 3 aromatic rings. The molecule has 114 valence electrons. The van der Waals surface area contributed by atoms with Crippen LogP contribution in [0.15, 0.2) is 42.5 Å². The molecule has 1 aromatic heterocycles. The van der Waals surface area contributed by atoms with Crippen molar-refractivity contribution in [2.45, 2.75) is 26.1 Å². The van der Waals surface area contributed by atoms with Gasteiger partial charge in [-0.3, -0.25) is 0 Å². The fourth-order valence-electron chi connectivity index (χ4n) is 2.60. The Morgan fingerprint density at radius 2 is 1.77 bits per heavy atom. The van der Waals surface area contributed by atoms with Gasteiger partial charge in [0.1, 0.15) is 5.82 Å². The normalized spacial score (nSPS) is 13.0. The van der Waals surface area contributed by atoms with Crippen LogP contribution in [0.1, 0.15) is 37.4 Å². The molecule has 0 amide bonds. The van der Waals surface area contributed by atoms with Gasteiger partial charge in [-0.2, -0.15) is 0 Å². The molecular formula is C17H15Cl2FN2. The van der Waals surface area contributed by atoms with Gasteiger partial charge in [-0.25, -0.2) is 9.37 Å². The molecule has 0 radical (unpaired) electrons. The molecule has 2 nitrogen and oxygen atoms in total. The first-order chi connectivity index (χ1) is 10.5. The predicted molar refractivity (Wildman–Crippen MR) is 89.5 cm³/mol. The van der Waals surface area contributed by atoms with Crippen molar-refractivity contribution in [2.24, 2.45) is 0 Å². The number of alkyl halides is 1. The Morgan fingerprint density at radius 3 is 2.45 bits per heavy atom. The zero-order valence-corrected chi connectivity index (χ0v) is 13.7. The van der Waals surface area contributed by atoms with E-state index in [-0.39, 0.29) is 6.04 Å². The number of hydrogen-bond acceptors (Lipinski definition) is 1. The molecule has 0 bridgehead atoms. The van der Waals surface area contributed by atoms with Crippen LogP contribution in [-0.2, 0) is 0 Å². The first-order valence-corrected chi connectivity index (χ1v) is 7.80. The zero-order valence-electron chi connectivity index (χ0n) is 12.2. The van der Waals surface area contributed by atoms with Gasteiger partial charge in [0.25, 0.3) is 0 Å². The fraction of sp³-hybridized carbons (Fsp3) is 0.235. The zero-order chi connectivity index (χ0) is 15.9. The van der Waals surface area contributed by atoms with Crippen LogP contribution in [0.5, 0.6) is 0 Å². The number of para-hydroxylation sites is 2. The van der Waals surface area contributed by atoms with E-state index in [4.69, 9.17) is 23.2 Å².